The molecule has 0 aliphatic carbocycles. The molecular weight excluding hydrogens is 482 g/mol. The van der Waals surface area contributed by atoms with E-state index in [2.05, 4.69) is 22.8 Å². The molecule has 0 saturated carbocycles. The van der Waals surface area contributed by atoms with E-state index in [0.717, 1.165) is 34.0 Å². The fraction of sp³-hybridized carbons (Fsp3) is 0.207. The first-order valence-electron chi connectivity index (χ1n) is 12.2. The van der Waals surface area contributed by atoms with Gasteiger partial charge in [-0.25, -0.2) is 4.68 Å². The van der Waals surface area contributed by atoms with Gasteiger partial charge in [-0.2, -0.15) is 4.98 Å². The lowest BCUT2D eigenvalue weighted by atomic mass is 9.94. The lowest BCUT2D eigenvalue weighted by Gasteiger charge is -2.29. The van der Waals surface area contributed by atoms with Crippen LogP contribution in [-0.4, -0.2) is 27.3 Å². The van der Waals surface area contributed by atoms with Crippen LogP contribution < -0.4 is 15.4 Å². The standard InChI is InChI=1S/C29H29N5O2S/c1-4-36-23-15-10-14-22(17-23)26-25(27(35)31-24-16-9-8-11-19(24)2)20(3)30-28-32-29(33-34(26)28)37-18-21-12-6-5-7-13-21/h5-17,26H,4,18H2,1-3H3,(H,31,35)(H,30,32,33). The number of nitrogens with zero attached hydrogens (tertiary/aromatic N) is 3. The number of carbonyl (C=O) groups is 1. The second kappa shape index (κ2) is 10.9. The molecule has 37 heavy (non-hydrogen) atoms. The third kappa shape index (κ3) is 5.39. The number of hydrogen-bond acceptors (Lipinski definition) is 6. The third-order valence-corrected chi connectivity index (χ3v) is 7.08. The molecule has 0 spiro atoms. The van der Waals surface area contributed by atoms with E-state index in [1.165, 1.54) is 5.56 Å². The van der Waals surface area contributed by atoms with E-state index in [0.29, 0.717) is 23.3 Å². The highest BCUT2D eigenvalue weighted by Gasteiger charge is 2.34. The zero-order valence-corrected chi connectivity index (χ0v) is 21.9. The number of rotatable bonds is 8. The number of para-hydroxylation sites is 1. The van der Waals surface area contributed by atoms with E-state index in [-0.39, 0.29) is 5.91 Å². The SMILES string of the molecule is CCOc1cccc(C2C(C(=O)Nc3ccccc3C)=C(C)Nc3nc(SCc4ccccc4)nn32)c1. The Hall–Kier alpha value is -4.04. The Morgan fingerprint density at radius 2 is 1.84 bits per heavy atom. The first-order valence-corrected chi connectivity index (χ1v) is 13.2. The number of amides is 1. The first kappa shape index (κ1) is 24.6. The molecule has 7 nitrogen and oxygen atoms in total. The molecule has 188 valence electrons. The number of anilines is 2. The van der Waals surface area contributed by atoms with Crippen molar-refractivity contribution >= 4 is 29.3 Å². The number of benzene rings is 3. The number of aryl methyl sites for hydroxylation is 1. The number of aromatic nitrogens is 3. The second-order valence-electron chi connectivity index (χ2n) is 8.78. The van der Waals surface area contributed by atoms with Gasteiger partial charge in [0, 0.05) is 17.1 Å². The molecule has 3 aromatic carbocycles. The average molecular weight is 512 g/mol. The van der Waals surface area contributed by atoms with Crippen LogP contribution in [0.1, 0.15) is 36.6 Å². The minimum atomic E-state index is -0.473. The van der Waals surface area contributed by atoms with Gasteiger partial charge in [0.1, 0.15) is 11.8 Å². The van der Waals surface area contributed by atoms with Crippen molar-refractivity contribution in [2.75, 3.05) is 17.2 Å². The molecule has 2 heterocycles. The number of fused-ring (bicyclic) bond motifs is 1. The van der Waals surface area contributed by atoms with Gasteiger partial charge in [0.05, 0.1) is 12.2 Å². The smallest absolute Gasteiger partial charge is 0.255 e. The maximum atomic E-state index is 13.7. The monoisotopic (exact) mass is 511 g/mol. The van der Waals surface area contributed by atoms with Crippen LogP contribution in [0.2, 0.25) is 0 Å². The van der Waals surface area contributed by atoms with Crippen LogP contribution in [0.3, 0.4) is 0 Å². The maximum Gasteiger partial charge on any atom is 0.255 e. The molecule has 1 aromatic heterocycles. The topological polar surface area (TPSA) is 81.1 Å². The molecule has 0 fully saturated rings. The molecule has 1 unspecified atom stereocenters. The van der Waals surface area contributed by atoms with E-state index in [1.807, 2.05) is 87.5 Å². The highest BCUT2D eigenvalue weighted by atomic mass is 32.2. The number of allylic oxidation sites excluding steroid dienone is 1. The molecule has 1 aliphatic heterocycles. The van der Waals surface area contributed by atoms with Crippen LogP contribution in [0.4, 0.5) is 11.6 Å². The molecule has 0 saturated heterocycles. The lowest BCUT2D eigenvalue weighted by Crippen LogP contribution is -2.31. The van der Waals surface area contributed by atoms with Crippen molar-refractivity contribution in [2.24, 2.45) is 0 Å². The van der Waals surface area contributed by atoms with Gasteiger partial charge in [0.2, 0.25) is 11.1 Å². The fourth-order valence-corrected chi connectivity index (χ4v) is 5.15. The fourth-order valence-electron chi connectivity index (χ4n) is 4.36. The molecule has 1 amide bonds. The first-order chi connectivity index (χ1) is 18.0. The Balaban J connectivity index is 1.52. The summed E-state index contributed by atoms with van der Waals surface area (Å²) in [5, 5.41) is 11.9. The average Bonchev–Trinajstić information content (AvgIpc) is 3.31. The zero-order valence-electron chi connectivity index (χ0n) is 21.1. The summed E-state index contributed by atoms with van der Waals surface area (Å²) in [6.45, 7) is 6.39. The molecule has 8 heteroatoms. The second-order valence-corrected chi connectivity index (χ2v) is 9.72. The molecule has 2 N–H and O–H groups in total. The Morgan fingerprint density at radius 3 is 2.62 bits per heavy atom. The predicted molar refractivity (Wildman–Crippen MR) is 148 cm³/mol. The number of thioether (sulfide) groups is 1. The molecule has 0 radical (unpaired) electrons. The molecule has 1 aliphatic rings. The highest BCUT2D eigenvalue weighted by molar-refractivity contribution is 7.98. The van der Waals surface area contributed by atoms with Gasteiger partial charge < -0.3 is 15.4 Å². The summed E-state index contributed by atoms with van der Waals surface area (Å²) < 4.78 is 7.57. The number of hydrogen-bond donors (Lipinski definition) is 2. The van der Waals surface area contributed by atoms with Crippen LogP contribution in [0, 0.1) is 6.92 Å². The number of carbonyl (C=O) groups excluding carboxylic acids is 1. The summed E-state index contributed by atoms with van der Waals surface area (Å²) in [5.41, 5.74) is 5.17. The Bertz CT molecular complexity index is 1450. The Kier molecular flexibility index (Phi) is 7.28. The van der Waals surface area contributed by atoms with Gasteiger partial charge in [0.25, 0.3) is 5.91 Å². The largest absolute Gasteiger partial charge is 0.494 e. The molecule has 1 atom stereocenters. The van der Waals surface area contributed by atoms with Crippen molar-refractivity contribution < 1.29 is 9.53 Å². The lowest BCUT2D eigenvalue weighted by molar-refractivity contribution is -0.113. The summed E-state index contributed by atoms with van der Waals surface area (Å²) >= 11 is 1.56. The van der Waals surface area contributed by atoms with Gasteiger partial charge in [0.15, 0.2) is 0 Å². The van der Waals surface area contributed by atoms with E-state index in [9.17, 15) is 4.79 Å². The highest BCUT2D eigenvalue weighted by Crippen LogP contribution is 2.38. The van der Waals surface area contributed by atoms with Gasteiger partial charge >= 0.3 is 0 Å². The van der Waals surface area contributed by atoms with Gasteiger partial charge in [-0.05, 0) is 55.7 Å². The van der Waals surface area contributed by atoms with E-state index >= 15 is 0 Å². The number of ether oxygens (including phenoxy) is 1. The summed E-state index contributed by atoms with van der Waals surface area (Å²) in [4.78, 5) is 18.5. The van der Waals surface area contributed by atoms with Crippen molar-refractivity contribution in [1.82, 2.24) is 14.8 Å². The molecule has 5 rings (SSSR count). The van der Waals surface area contributed by atoms with Crippen LogP contribution in [-0.2, 0) is 10.5 Å². The quantitative estimate of drug-likeness (QED) is 0.274. The summed E-state index contributed by atoms with van der Waals surface area (Å²) in [7, 11) is 0. The summed E-state index contributed by atoms with van der Waals surface area (Å²) in [6.07, 6.45) is 0. The zero-order chi connectivity index (χ0) is 25.8. The van der Waals surface area contributed by atoms with Gasteiger partial charge in [-0.3, -0.25) is 4.79 Å². The van der Waals surface area contributed by atoms with Crippen molar-refractivity contribution in [3.63, 3.8) is 0 Å². The Morgan fingerprint density at radius 1 is 1.05 bits per heavy atom. The van der Waals surface area contributed by atoms with Crippen molar-refractivity contribution in [3.8, 4) is 5.75 Å². The number of nitrogens with one attached hydrogen (secondary N) is 2. The van der Waals surface area contributed by atoms with E-state index < -0.39 is 6.04 Å². The van der Waals surface area contributed by atoms with Gasteiger partial charge in [-0.15, -0.1) is 5.10 Å². The Labute approximate surface area is 221 Å². The van der Waals surface area contributed by atoms with Crippen molar-refractivity contribution in [2.45, 2.75) is 37.7 Å². The minimum absolute atomic E-state index is 0.189. The molecule has 4 aromatic rings. The van der Waals surface area contributed by atoms with E-state index in [4.69, 9.17) is 14.8 Å². The van der Waals surface area contributed by atoms with Crippen LogP contribution in [0.25, 0.3) is 0 Å². The third-order valence-electron chi connectivity index (χ3n) is 6.17. The minimum Gasteiger partial charge on any atom is -0.494 e. The van der Waals surface area contributed by atoms with Crippen LogP contribution in [0.5, 0.6) is 5.75 Å². The maximum absolute atomic E-state index is 13.7. The molecular formula is C29H29N5O2S. The normalized spacial score (nSPS) is 14.6. The van der Waals surface area contributed by atoms with Crippen LogP contribution >= 0.6 is 11.8 Å². The summed E-state index contributed by atoms with van der Waals surface area (Å²) in [6, 6.07) is 25.3. The predicted octanol–water partition coefficient (Wildman–Crippen LogP) is 6.21. The van der Waals surface area contributed by atoms with Crippen molar-refractivity contribution in [1.29, 1.82) is 0 Å². The summed E-state index contributed by atoms with van der Waals surface area (Å²) in [5.74, 6) is 1.91. The van der Waals surface area contributed by atoms with E-state index in [1.54, 1.807) is 16.4 Å². The van der Waals surface area contributed by atoms with Crippen LogP contribution in [0.15, 0.2) is 95.3 Å². The van der Waals surface area contributed by atoms with Gasteiger partial charge in [-0.1, -0.05) is 72.4 Å². The van der Waals surface area contributed by atoms with Crippen molar-refractivity contribution in [3.05, 3.63) is 107 Å². The molecule has 0 bridgehead atoms.